The van der Waals surface area contributed by atoms with Gasteiger partial charge in [-0.2, -0.15) is 0 Å². The molecule has 0 fully saturated rings. The molecular weight excluding hydrogens is 290 g/mol. The second-order valence-electron chi connectivity index (χ2n) is 3.92. The van der Waals surface area contributed by atoms with E-state index < -0.39 is 29.2 Å². The zero-order valence-corrected chi connectivity index (χ0v) is 10.3. The van der Waals surface area contributed by atoms with Crippen LogP contribution in [-0.4, -0.2) is 12.2 Å². The highest BCUT2D eigenvalue weighted by Crippen LogP contribution is 2.10. The fourth-order valence-electron chi connectivity index (χ4n) is 1.40. The first-order valence-electron chi connectivity index (χ1n) is 5.62. The van der Waals surface area contributed by atoms with E-state index in [1.165, 1.54) is 6.07 Å². The van der Waals surface area contributed by atoms with E-state index in [0.717, 1.165) is 30.5 Å². The molecule has 2 aromatic carbocycles. The normalized spacial score (nSPS) is 10.9. The average Bonchev–Trinajstić information content (AvgIpc) is 2.45. The molecule has 0 aromatic heterocycles. The molecule has 0 aliphatic carbocycles. The molecule has 0 aliphatic rings. The molecule has 2 rings (SSSR count). The highest BCUT2D eigenvalue weighted by molar-refractivity contribution is 5.90. The third-order valence-corrected chi connectivity index (χ3v) is 2.44. The Bertz CT molecular complexity index is 716. The second kappa shape index (κ2) is 6.17. The van der Waals surface area contributed by atoms with Crippen molar-refractivity contribution in [1.82, 2.24) is 0 Å². The number of carbonyl (C=O) groups excluding carboxylic acids is 1. The van der Waals surface area contributed by atoms with Crippen LogP contribution < -0.4 is 0 Å². The van der Waals surface area contributed by atoms with Crippen molar-refractivity contribution in [3.8, 4) is 0 Å². The molecule has 0 saturated heterocycles. The third kappa shape index (κ3) is 3.65. The molecule has 108 valence electrons. The van der Waals surface area contributed by atoms with Crippen LogP contribution in [0.4, 0.5) is 17.6 Å². The van der Waals surface area contributed by atoms with E-state index in [1.54, 1.807) is 0 Å². The molecule has 2 aromatic rings. The summed E-state index contributed by atoms with van der Waals surface area (Å²) in [6.45, 7) is 0. The molecule has 0 spiro atoms. The fraction of sp³-hybridized carbons (Fsp3) is 0. The minimum atomic E-state index is -1.20. The van der Waals surface area contributed by atoms with Crippen LogP contribution in [0.5, 0.6) is 0 Å². The molecule has 0 atom stereocenters. The van der Waals surface area contributed by atoms with Crippen LogP contribution in [0.2, 0.25) is 0 Å². The Morgan fingerprint density at radius 2 is 1.52 bits per heavy atom. The van der Waals surface area contributed by atoms with Crippen LogP contribution in [0.25, 0.3) is 0 Å². The fourth-order valence-corrected chi connectivity index (χ4v) is 1.40. The summed E-state index contributed by atoms with van der Waals surface area (Å²) in [6, 6.07) is 5.40. The standard InChI is InChI=1S/C14H7F4NO2/c15-10-3-1-8(5-12(10)17)7-19-21-14(20)9-2-4-11(16)13(18)6-9/h1-7H/b19-7+. The maximum absolute atomic E-state index is 12.9. The Kier molecular flexibility index (Phi) is 4.32. The van der Waals surface area contributed by atoms with Gasteiger partial charge in [0, 0.05) is 0 Å². The molecule has 0 radical (unpaired) electrons. The molecule has 3 nitrogen and oxygen atoms in total. The van der Waals surface area contributed by atoms with Gasteiger partial charge in [0.1, 0.15) is 0 Å². The Hall–Kier alpha value is -2.70. The average molecular weight is 297 g/mol. The molecule has 0 aliphatic heterocycles. The van der Waals surface area contributed by atoms with E-state index >= 15 is 0 Å². The van der Waals surface area contributed by atoms with Crippen molar-refractivity contribution in [3.05, 3.63) is 70.8 Å². The van der Waals surface area contributed by atoms with Crippen LogP contribution in [-0.2, 0) is 4.84 Å². The summed E-state index contributed by atoms with van der Waals surface area (Å²) in [4.78, 5) is 15.9. The number of carbonyl (C=O) groups is 1. The van der Waals surface area contributed by atoms with Gasteiger partial charge in [-0.05, 0) is 35.9 Å². The minimum Gasteiger partial charge on any atom is -0.313 e. The van der Waals surface area contributed by atoms with Gasteiger partial charge in [-0.1, -0.05) is 11.2 Å². The predicted octanol–water partition coefficient (Wildman–Crippen LogP) is 3.43. The highest BCUT2D eigenvalue weighted by Gasteiger charge is 2.10. The third-order valence-electron chi connectivity index (χ3n) is 2.44. The summed E-state index contributed by atoms with van der Waals surface area (Å²) < 4.78 is 51.2. The van der Waals surface area contributed by atoms with Gasteiger partial charge in [0.15, 0.2) is 23.3 Å². The molecule has 0 bridgehead atoms. The van der Waals surface area contributed by atoms with Crippen LogP contribution in [0.1, 0.15) is 15.9 Å². The molecule has 0 saturated carbocycles. The minimum absolute atomic E-state index is 0.159. The first kappa shape index (κ1) is 14.7. The van der Waals surface area contributed by atoms with E-state index in [9.17, 15) is 22.4 Å². The summed E-state index contributed by atoms with van der Waals surface area (Å²) >= 11 is 0. The molecule has 0 N–H and O–H groups in total. The van der Waals surface area contributed by atoms with E-state index in [0.29, 0.717) is 6.07 Å². The lowest BCUT2D eigenvalue weighted by Crippen LogP contribution is -2.02. The monoisotopic (exact) mass is 297 g/mol. The Balaban J connectivity index is 2.04. The second-order valence-corrected chi connectivity index (χ2v) is 3.92. The van der Waals surface area contributed by atoms with E-state index in [1.807, 2.05) is 0 Å². The van der Waals surface area contributed by atoms with Crippen molar-refractivity contribution in [2.45, 2.75) is 0 Å². The summed E-state index contributed by atoms with van der Waals surface area (Å²) in [6.07, 6.45) is 0.973. The topological polar surface area (TPSA) is 38.7 Å². The van der Waals surface area contributed by atoms with E-state index in [4.69, 9.17) is 0 Å². The lowest BCUT2D eigenvalue weighted by Gasteiger charge is -1.99. The van der Waals surface area contributed by atoms with Crippen molar-refractivity contribution in [3.63, 3.8) is 0 Å². The maximum atomic E-state index is 12.9. The number of nitrogens with zero attached hydrogens (tertiary/aromatic N) is 1. The van der Waals surface area contributed by atoms with Crippen molar-refractivity contribution < 1.29 is 27.2 Å². The SMILES string of the molecule is O=C(O/N=C/c1ccc(F)c(F)c1)c1ccc(F)c(F)c1. The van der Waals surface area contributed by atoms with Crippen molar-refractivity contribution in [1.29, 1.82) is 0 Å². The summed E-state index contributed by atoms with van der Waals surface area (Å²) in [5.41, 5.74) is -0.0803. The van der Waals surface area contributed by atoms with Crippen LogP contribution in [0.3, 0.4) is 0 Å². The quantitative estimate of drug-likeness (QED) is 0.377. The first-order chi connectivity index (χ1) is 9.97. The van der Waals surface area contributed by atoms with Gasteiger partial charge in [0.05, 0.1) is 11.8 Å². The summed E-state index contributed by atoms with van der Waals surface area (Å²) in [7, 11) is 0. The predicted molar refractivity (Wildman–Crippen MR) is 65.7 cm³/mol. The van der Waals surface area contributed by atoms with Crippen molar-refractivity contribution >= 4 is 12.2 Å². The van der Waals surface area contributed by atoms with Crippen molar-refractivity contribution in [2.75, 3.05) is 0 Å². The van der Waals surface area contributed by atoms with Gasteiger partial charge in [-0.25, -0.2) is 22.4 Å². The van der Waals surface area contributed by atoms with Gasteiger partial charge in [-0.15, -0.1) is 0 Å². The zero-order chi connectivity index (χ0) is 15.4. The van der Waals surface area contributed by atoms with Gasteiger partial charge in [-0.3, -0.25) is 0 Å². The summed E-state index contributed by atoms with van der Waals surface area (Å²) in [5, 5.41) is 3.26. The molecule has 0 amide bonds. The van der Waals surface area contributed by atoms with Gasteiger partial charge in [0.2, 0.25) is 0 Å². The molecule has 0 unspecified atom stereocenters. The number of oxime groups is 1. The number of rotatable bonds is 3. The van der Waals surface area contributed by atoms with Crippen LogP contribution >= 0.6 is 0 Å². The van der Waals surface area contributed by atoms with E-state index in [-0.39, 0.29) is 11.1 Å². The first-order valence-corrected chi connectivity index (χ1v) is 5.62. The number of hydrogen-bond acceptors (Lipinski definition) is 3. The zero-order valence-electron chi connectivity index (χ0n) is 10.3. The van der Waals surface area contributed by atoms with Crippen molar-refractivity contribution in [2.24, 2.45) is 5.16 Å². The Morgan fingerprint density at radius 3 is 2.14 bits per heavy atom. The van der Waals surface area contributed by atoms with Gasteiger partial charge >= 0.3 is 5.97 Å². The summed E-state index contributed by atoms with van der Waals surface area (Å²) in [5.74, 6) is -5.42. The number of hydrogen-bond donors (Lipinski definition) is 0. The van der Waals surface area contributed by atoms with Gasteiger partial charge < -0.3 is 4.84 Å². The van der Waals surface area contributed by atoms with Crippen LogP contribution in [0, 0.1) is 23.3 Å². The van der Waals surface area contributed by atoms with Crippen LogP contribution in [0.15, 0.2) is 41.6 Å². The molecule has 0 heterocycles. The Morgan fingerprint density at radius 1 is 0.905 bits per heavy atom. The van der Waals surface area contributed by atoms with E-state index in [2.05, 4.69) is 9.99 Å². The maximum Gasteiger partial charge on any atom is 0.365 e. The molecule has 21 heavy (non-hydrogen) atoms. The molecule has 7 heteroatoms. The highest BCUT2D eigenvalue weighted by atomic mass is 19.2. The lowest BCUT2D eigenvalue weighted by molar-refractivity contribution is 0.0518. The number of benzene rings is 2. The molecular formula is C14H7F4NO2. The number of halogens is 4. The lowest BCUT2D eigenvalue weighted by atomic mass is 10.2. The smallest absolute Gasteiger partial charge is 0.313 e. The Labute approximate surface area is 116 Å². The largest absolute Gasteiger partial charge is 0.365 e. The van der Waals surface area contributed by atoms with Gasteiger partial charge in [0.25, 0.3) is 0 Å².